The molecule has 0 aliphatic rings. The van der Waals surface area contributed by atoms with E-state index < -0.39 is 24.4 Å². The maximum Gasteiger partial charge on any atom is 0.341 e. The van der Waals surface area contributed by atoms with Crippen molar-refractivity contribution in [2.75, 3.05) is 24.6 Å². The molecule has 0 saturated carbocycles. The lowest BCUT2D eigenvalue weighted by atomic mass is 10.2. The fraction of sp³-hybridized carbons (Fsp3) is 0.250. The van der Waals surface area contributed by atoms with Gasteiger partial charge in [0.25, 0.3) is 11.8 Å². The van der Waals surface area contributed by atoms with Crippen molar-refractivity contribution < 1.29 is 19.1 Å². The van der Waals surface area contributed by atoms with Crippen molar-refractivity contribution in [3.05, 3.63) is 63.6 Å². The maximum atomic E-state index is 12.1. The van der Waals surface area contributed by atoms with Crippen molar-refractivity contribution in [1.29, 1.82) is 0 Å². The van der Waals surface area contributed by atoms with Crippen LogP contribution in [-0.2, 0) is 9.53 Å². The van der Waals surface area contributed by atoms with Gasteiger partial charge in [0.1, 0.15) is 0 Å². The average molecular weight is 438 g/mol. The summed E-state index contributed by atoms with van der Waals surface area (Å²) in [5.41, 5.74) is 5.80. The van der Waals surface area contributed by atoms with Crippen LogP contribution in [-0.4, -0.2) is 37.5 Å². The molecule has 0 aliphatic carbocycles. The molecule has 29 heavy (non-hydrogen) atoms. The normalized spacial score (nSPS) is 10.2. The fourth-order valence-electron chi connectivity index (χ4n) is 2.54. The molecule has 2 aromatic rings. The highest BCUT2D eigenvalue weighted by molar-refractivity contribution is 6.39. The molecule has 0 heterocycles. The molecule has 0 bridgehead atoms. The molecule has 9 heteroatoms. The molecule has 0 radical (unpaired) electrons. The Morgan fingerprint density at radius 2 is 1.52 bits per heavy atom. The second kappa shape index (κ2) is 10.7. The van der Waals surface area contributed by atoms with Crippen LogP contribution in [0.15, 0.2) is 42.5 Å². The minimum absolute atomic E-state index is 0.0269. The number of carbonyl (C=O) groups excluding carboxylic acids is 3. The minimum Gasteiger partial charge on any atom is -0.452 e. The van der Waals surface area contributed by atoms with Gasteiger partial charge in [-0.05, 0) is 50.2 Å². The standard InChI is InChI=1S/C20H21Cl2N3O4/c1-3-25(4-2)14-10-8-13(9-11-14)19(27)24-23-17(26)12-29-20(28)18-15(21)6-5-7-16(18)22/h5-11H,3-4,12H2,1-2H3,(H,23,26)(H,24,27). The largest absolute Gasteiger partial charge is 0.452 e. The van der Waals surface area contributed by atoms with Crippen LogP contribution in [0.5, 0.6) is 0 Å². The summed E-state index contributed by atoms with van der Waals surface area (Å²) in [7, 11) is 0. The molecular weight excluding hydrogens is 417 g/mol. The first kappa shape index (κ1) is 22.5. The highest BCUT2D eigenvalue weighted by Crippen LogP contribution is 2.24. The van der Waals surface area contributed by atoms with Gasteiger partial charge in [0, 0.05) is 24.3 Å². The maximum absolute atomic E-state index is 12.1. The third-order valence-electron chi connectivity index (χ3n) is 4.07. The molecule has 0 aromatic heterocycles. The first-order valence-corrected chi connectivity index (χ1v) is 9.68. The number of hydrogen-bond acceptors (Lipinski definition) is 5. The highest BCUT2D eigenvalue weighted by Gasteiger charge is 2.17. The number of hydrazine groups is 1. The highest BCUT2D eigenvalue weighted by atomic mass is 35.5. The van der Waals surface area contributed by atoms with Crippen LogP contribution in [0.1, 0.15) is 34.6 Å². The van der Waals surface area contributed by atoms with Crippen LogP contribution in [0, 0.1) is 0 Å². The van der Waals surface area contributed by atoms with Gasteiger partial charge in [0.15, 0.2) is 6.61 Å². The third-order valence-corrected chi connectivity index (χ3v) is 4.70. The quantitative estimate of drug-likeness (QED) is 0.511. The van der Waals surface area contributed by atoms with Gasteiger partial charge >= 0.3 is 5.97 Å². The zero-order chi connectivity index (χ0) is 21.4. The summed E-state index contributed by atoms with van der Waals surface area (Å²) in [6.07, 6.45) is 0. The van der Waals surface area contributed by atoms with Crippen LogP contribution in [0.3, 0.4) is 0 Å². The smallest absolute Gasteiger partial charge is 0.341 e. The van der Waals surface area contributed by atoms with Gasteiger partial charge in [-0.15, -0.1) is 0 Å². The number of ether oxygens (including phenoxy) is 1. The lowest BCUT2D eigenvalue weighted by molar-refractivity contribution is -0.125. The van der Waals surface area contributed by atoms with Gasteiger partial charge in [-0.1, -0.05) is 29.3 Å². The van der Waals surface area contributed by atoms with E-state index in [1.807, 2.05) is 26.0 Å². The van der Waals surface area contributed by atoms with Crippen molar-refractivity contribution >= 4 is 46.7 Å². The van der Waals surface area contributed by atoms with E-state index in [9.17, 15) is 14.4 Å². The summed E-state index contributed by atoms with van der Waals surface area (Å²) in [6.45, 7) is 5.20. The molecule has 2 aromatic carbocycles. The molecule has 2 rings (SSSR count). The number of halogens is 2. The number of hydrogen-bond donors (Lipinski definition) is 2. The number of benzene rings is 2. The van der Waals surface area contributed by atoms with Gasteiger partial charge in [0.2, 0.25) is 0 Å². The van der Waals surface area contributed by atoms with Gasteiger partial charge in [-0.2, -0.15) is 0 Å². The van der Waals surface area contributed by atoms with E-state index in [0.717, 1.165) is 18.8 Å². The molecule has 0 aliphatic heterocycles. The molecule has 154 valence electrons. The first-order chi connectivity index (χ1) is 13.9. The Labute approximate surface area is 178 Å². The molecule has 2 N–H and O–H groups in total. The summed E-state index contributed by atoms with van der Waals surface area (Å²) in [6, 6.07) is 11.5. The summed E-state index contributed by atoms with van der Waals surface area (Å²) in [4.78, 5) is 38.1. The van der Waals surface area contributed by atoms with E-state index in [-0.39, 0.29) is 15.6 Å². The SMILES string of the molecule is CCN(CC)c1ccc(C(=O)NNC(=O)COC(=O)c2c(Cl)cccc2Cl)cc1. The Kier molecular flexibility index (Phi) is 8.30. The molecule has 0 saturated heterocycles. The Bertz CT molecular complexity index is 864. The number of rotatable bonds is 7. The van der Waals surface area contributed by atoms with Crippen LogP contribution in [0.25, 0.3) is 0 Å². The second-order valence-electron chi connectivity index (χ2n) is 5.89. The summed E-state index contributed by atoms with van der Waals surface area (Å²) >= 11 is 11.8. The number of amides is 2. The summed E-state index contributed by atoms with van der Waals surface area (Å²) in [5.74, 6) is -2.05. The van der Waals surface area contributed by atoms with Crippen molar-refractivity contribution in [3.63, 3.8) is 0 Å². The van der Waals surface area contributed by atoms with Gasteiger partial charge in [0.05, 0.1) is 15.6 Å². The fourth-order valence-corrected chi connectivity index (χ4v) is 3.09. The summed E-state index contributed by atoms with van der Waals surface area (Å²) < 4.78 is 4.88. The molecule has 0 fully saturated rings. The van der Waals surface area contributed by atoms with E-state index in [4.69, 9.17) is 27.9 Å². The van der Waals surface area contributed by atoms with Gasteiger partial charge in [-0.3, -0.25) is 20.4 Å². The van der Waals surface area contributed by atoms with Crippen molar-refractivity contribution in [3.8, 4) is 0 Å². The van der Waals surface area contributed by atoms with Crippen LogP contribution >= 0.6 is 23.2 Å². The van der Waals surface area contributed by atoms with Crippen molar-refractivity contribution in [1.82, 2.24) is 10.9 Å². The number of carbonyl (C=O) groups is 3. The second-order valence-corrected chi connectivity index (χ2v) is 6.71. The average Bonchev–Trinajstić information content (AvgIpc) is 2.71. The predicted molar refractivity (Wildman–Crippen MR) is 112 cm³/mol. The molecule has 0 atom stereocenters. The number of nitrogens with one attached hydrogen (secondary N) is 2. The zero-order valence-electron chi connectivity index (χ0n) is 16.0. The zero-order valence-corrected chi connectivity index (χ0v) is 17.5. The molecule has 0 unspecified atom stereocenters. The van der Waals surface area contributed by atoms with E-state index in [2.05, 4.69) is 15.8 Å². The Balaban J connectivity index is 1.84. The lowest BCUT2D eigenvalue weighted by Gasteiger charge is -2.21. The molecule has 7 nitrogen and oxygen atoms in total. The van der Waals surface area contributed by atoms with E-state index in [1.54, 1.807) is 18.2 Å². The Morgan fingerprint density at radius 3 is 2.07 bits per heavy atom. The number of anilines is 1. The van der Waals surface area contributed by atoms with Crippen LogP contribution < -0.4 is 15.8 Å². The van der Waals surface area contributed by atoms with Crippen molar-refractivity contribution in [2.45, 2.75) is 13.8 Å². The minimum atomic E-state index is -0.839. The van der Waals surface area contributed by atoms with E-state index in [0.29, 0.717) is 5.56 Å². The van der Waals surface area contributed by atoms with E-state index in [1.165, 1.54) is 12.1 Å². The Hall–Kier alpha value is -2.77. The van der Waals surface area contributed by atoms with Gasteiger partial charge in [-0.25, -0.2) is 4.79 Å². The summed E-state index contributed by atoms with van der Waals surface area (Å²) in [5, 5.41) is 0.230. The Morgan fingerprint density at radius 1 is 0.931 bits per heavy atom. The van der Waals surface area contributed by atoms with Crippen LogP contribution in [0.4, 0.5) is 5.69 Å². The first-order valence-electron chi connectivity index (χ1n) is 8.92. The third kappa shape index (κ3) is 6.10. The predicted octanol–water partition coefficient (Wildman–Crippen LogP) is 3.46. The van der Waals surface area contributed by atoms with Crippen molar-refractivity contribution in [2.24, 2.45) is 0 Å². The van der Waals surface area contributed by atoms with Crippen LogP contribution in [0.2, 0.25) is 10.0 Å². The molecular formula is C20H21Cl2N3O4. The monoisotopic (exact) mass is 437 g/mol. The molecule has 0 spiro atoms. The number of esters is 1. The molecule has 2 amide bonds. The lowest BCUT2D eigenvalue weighted by Crippen LogP contribution is -2.43. The topological polar surface area (TPSA) is 87.7 Å². The van der Waals surface area contributed by atoms with Gasteiger partial charge < -0.3 is 9.64 Å². The van der Waals surface area contributed by atoms with E-state index >= 15 is 0 Å². The number of nitrogens with zero attached hydrogens (tertiary/aromatic N) is 1.